The Morgan fingerprint density at radius 3 is 2.50 bits per heavy atom. The summed E-state index contributed by atoms with van der Waals surface area (Å²) in [5.41, 5.74) is 8.34. The summed E-state index contributed by atoms with van der Waals surface area (Å²) in [7, 11) is 0. The molecule has 1 aromatic heterocycles. The number of nitrogen functional groups attached to an aromatic ring is 1. The number of fused-ring (bicyclic) bond motifs is 3. The number of aryl methyl sites for hydroxylation is 1. The predicted octanol–water partition coefficient (Wildman–Crippen LogP) is 3.07. The van der Waals surface area contributed by atoms with Crippen molar-refractivity contribution < 1.29 is 19.0 Å². The van der Waals surface area contributed by atoms with Gasteiger partial charge in [0.05, 0.1) is 5.39 Å². The standard InChI is InChI=1S/C22H23NO5/c23-14-8-10-16(11-9-14)26-12-15(24)13-27-19-6-3-7-20-21(19)17-4-1-2-5-18(17)22(25)28-20/h3,6-11,15,24H,1-2,4-5,12-13,23H2. The van der Waals surface area contributed by atoms with E-state index in [1.165, 1.54) is 0 Å². The Balaban J connectivity index is 1.48. The van der Waals surface area contributed by atoms with Gasteiger partial charge in [-0.05, 0) is 67.6 Å². The van der Waals surface area contributed by atoms with Crippen molar-refractivity contribution in [1.82, 2.24) is 0 Å². The molecule has 6 heteroatoms. The van der Waals surface area contributed by atoms with Crippen LogP contribution in [0.5, 0.6) is 11.5 Å². The van der Waals surface area contributed by atoms with Crippen molar-refractivity contribution in [2.45, 2.75) is 31.8 Å². The van der Waals surface area contributed by atoms with E-state index in [4.69, 9.17) is 19.6 Å². The molecule has 0 aliphatic heterocycles. The van der Waals surface area contributed by atoms with Crippen molar-refractivity contribution in [2.75, 3.05) is 18.9 Å². The topological polar surface area (TPSA) is 94.9 Å². The molecule has 1 unspecified atom stereocenters. The van der Waals surface area contributed by atoms with E-state index in [1.807, 2.05) is 6.07 Å². The number of ether oxygens (including phenoxy) is 2. The molecule has 0 fully saturated rings. The van der Waals surface area contributed by atoms with Crippen molar-refractivity contribution in [1.29, 1.82) is 0 Å². The van der Waals surface area contributed by atoms with Gasteiger partial charge in [-0.3, -0.25) is 0 Å². The zero-order chi connectivity index (χ0) is 19.5. The summed E-state index contributed by atoms with van der Waals surface area (Å²) < 4.78 is 16.9. The van der Waals surface area contributed by atoms with Crippen LogP contribution in [0, 0.1) is 0 Å². The molecular weight excluding hydrogens is 358 g/mol. The third-order valence-electron chi connectivity index (χ3n) is 4.96. The number of rotatable bonds is 6. The zero-order valence-electron chi connectivity index (χ0n) is 15.5. The van der Waals surface area contributed by atoms with Crippen LogP contribution in [0.2, 0.25) is 0 Å². The van der Waals surface area contributed by atoms with Crippen LogP contribution in [0.15, 0.2) is 51.7 Å². The lowest BCUT2D eigenvalue weighted by Crippen LogP contribution is -2.25. The van der Waals surface area contributed by atoms with Gasteiger partial charge in [-0.15, -0.1) is 0 Å². The van der Waals surface area contributed by atoms with Crippen LogP contribution in [-0.4, -0.2) is 24.4 Å². The van der Waals surface area contributed by atoms with Crippen molar-refractivity contribution >= 4 is 16.7 Å². The van der Waals surface area contributed by atoms with Gasteiger partial charge in [0.2, 0.25) is 0 Å². The van der Waals surface area contributed by atoms with E-state index in [9.17, 15) is 9.90 Å². The van der Waals surface area contributed by atoms with E-state index < -0.39 is 6.10 Å². The first-order valence-corrected chi connectivity index (χ1v) is 9.48. The van der Waals surface area contributed by atoms with Crippen LogP contribution in [-0.2, 0) is 12.8 Å². The number of hydrogen-bond donors (Lipinski definition) is 2. The summed E-state index contributed by atoms with van der Waals surface area (Å²) in [5, 5.41) is 11.1. The second-order valence-electron chi connectivity index (χ2n) is 7.03. The minimum atomic E-state index is -0.806. The zero-order valence-corrected chi connectivity index (χ0v) is 15.5. The second-order valence-corrected chi connectivity index (χ2v) is 7.03. The molecule has 1 aliphatic carbocycles. The minimum Gasteiger partial charge on any atom is -0.491 e. The lowest BCUT2D eigenvalue weighted by molar-refractivity contribution is 0.0631. The molecule has 0 amide bonds. The summed E-state index contributed by atoms with van der Waals surface area (Å²) in [6.07, 6.45) is 2.80. The maximum Gasteiger partial charge on any atom is 0.339 e. The van der Waals surface area contributed by atoms with E-state index in [1.54, 1.807) is 36.4 Å². The smallest absolute Gasteiger partial charge is 0.339 e. The SMILES string of the molecule is Nc1ccc(OCC(O)COc2cccc3oc(=O)c4c(c23)CCCC4)cc1. The molecule has 2 aromatic carbocycles. The monoisotopic (exact) mass is 381 g/mol. The van der Waals surface area contributed by atoms with E-state index in [0.29, 0.717) is 22.8 Å². The predicted molar refractivity (Wildman–Crippen MR) is 107 cm³/mol. The van der Waals surface area contributed by atoms with Gasteiger partial charge in [0.1, 0.15) is 36.4 Å². The third kappa shape index (κ3) is 3.82. The Labute approximate surface area is 162 Å². The first-order valence-electron chi connectivity index (χ1n) is 9.48. The lowest BCUT2D eigenvalue weighted by Gasteiger charge is -2.19. The third-order valence-corrected chi connectivity index (χ3v) is 4.96. The first kappa shape index (κ1) is 18.4. The van der Waals surface area contributed by atoms with Crippen molar-refractivity contribution in [2.24, 2.45) is 0 Å². The van der Waals surface area contributed by atoms with Crippen LogP contribution in [0.25, 0.3) is 11.0 Å². The first-order chi connectivity index (χ1) is 13.6. The molecule has 1 heterocycles. The average Bonchev–Trinajstić information content (AvgIpc) is 2.72. The van der Waals surface area contributed by atoms with E-state index in [2.05, 4.69) is 0 Å². The summed E-state index contributed by atoms with van der Waals surface area (Å²) in [4.78, 5) is 12.2. The van der Waals surface area contributed by atoms with Crippen LogP contribution in [0.4, 0.5) is 5.69 Å². The number of aliphatic hydroxyl groups is 1. The molecule has 6 nitrogen and oxygen atoms in total. The fourth-order valence-corrected chi connectivity index (χ4v) is 3.57. The number of benzene rings is 2. The highest BCUT2D eigenvalue weighted by Crippen LogP contribution is 2.33. The van der Waals surface area contributed by atoms with Gasteiger partial charge >= 0.3 is 5.63 Å². The van der Waals surface area contributed by atoms with Crippen molar-refractivity contribution in [3.05, 3.63) is 64.0 Å². The Bertz CT molecular complexity index is 1030. The maximum absolute atomic E-state index is 12.2. The molecule has 1 atom stereocenters. The number of anilines is 1. The quantitative estimate of drug-likeness (QED) is 0.503. The molecule has 0 saturated heterocycles. The van der Waals surface area contributed by atoms with Crippen LogP contribution >= 0.6 is 0 Å². The highest BCUT2D eigenvalue weighted by molar-refractivity contribution is 5.87. The van der Waals surface area contributed by atoms with Gasteiger partial charge in [-0.25, -0.2) is 4.79 Å². The van der Waals surface area contributed by atoms with Gasteiger partial charge in [0, 0.05) is 11.3 Å². The van der Waals surface area contributed by atoms with Crippen LogP contribution in [0.3, 0.4) is 0 Å². The molecular formula is C22H23NO5. The van der Waals surface area contributed by atoms with Gasteiger partial charge in [-0.2, -0.15) is 0 Å². The Hall–Kier alpha value is -2.99. The molecule has 1 aliphatic rings. The van der Waals surface area contributed by atoms with Crippen molar-refractivity contribution in [3.8, 4) is 11.5 Å². The molecule has 3 N–H and O–H groups in total. The summed E-state index contributed by atoms with van der Waals surface area (Å²) in [6.45, 7) is 0.170. The lowest BCUT2D eigenvalue weighted by atomic mass is 9.90. The van der Waals surface area contributed by atoms with Gasteiger partial charge < -0.3 is 24.7 Å². The summed E-state index contributed by atoms with van der Waals surface area (Å²) in [6, 6.07) is 12.4. The van der Waals surface area contributed by atoms with Gasteiger partial charge in [0.15, 0.2) is 0 Å². The van der Waals surface area contributed by atoms with E-state index >= 15 is 0 Å². The Morgan fingerprint density at radius 1 is 1.00 bits per heavy atom. The van der Waals surface area contributed by atoms with E-state index in [-0.39, 0.29) is 18.8 Å². The fraction of sp³-hybridized carbons (Fsp3) is 0.318. The summed E-state index contributed by atoms with van der Waals surface area (Å²) >= 11 is 0. The molecule has 0 radical (unpaired) electrons. The number of hydrogen-bond acceptors (Lipinski definition) is 6. The molecule has 4 rings (SSSR count). The Morgan fingerprint density at radius 2 is 1.71 bits per heavy atom. The molecule has 0 bridgehead atoms. The minimum absolute atomic E-state index is 0.0714. The molecule has 0 spiro atoms. The highest BCUT2D eigenvalue weighted by Gasteiger charge is 2.21. The highest BCUT2D eigenvalue weighted by atomic mass is 16.5. The largest absolute Gasteiger partial charge is 0.491 e. The maximum atomic E-state index is 12.2. The van der Waals surface area contributed by atoms with E-state index in [0.717, 1.165) is 42.2 Å². The average molecular weight is 381 g/mol. The van der Waals surface area contributed by atoms with Crippen LogP contribution in [0.1, 0.15) is 24.0 Å². The molecule has 28 heavy (non-hydrogen) atoms. The summed E-state index contributed by atoms with van der Waals surface area (Å²) in [5.74, 6) is 1.25. The molecule has 146 valence electrons. The van der Waals surface area contributed by atoms with Crippen LogP contribution < -0.4 is 20.8 Å². The Kier molecular flexibility index (Phi) is 5.21. The number of nitrogens with two attached hydrogens (primary N) is 1. The molecule has 0 saturated carbocycles. The van der Waals surface area contributed by atoms with Gasteiger partial charge in [0.25, 0.3) is 0 Å². The second kappa shape index (κ2) is 7.94. The number of aliphatic hydroxyl groups excluding tert-OH is 1. The molecule has 3 aromatic rings. The van der Waals surface area contributed by atoms with Crippen molar-refractivity contribution in [3.63, 3.8) is 0 Å². The van der Waals surface area contributed by atoms with Gasteiger partial charge in [-0.1, -0.05) is 6.07 Å². The fourth-order valence-electron chi connectivity index (χ4n) is 3.57. The normalized spacial score (nSPS) is 14.5.